The number of carbonyl (C=O) groups is 1. The number of hydrogen-bond acceptors (Lipinski definition) is 3. The first-order chi connectivity index (χ1) is 5.22. The van der Waals surface area contributed by atoms with Gasteiger partial charge in [0.1, 0.15) is 0 Å². The summed E-state index contributed by atoms with van der Waals surface area (Å²) in [6, 6.07) is -0.346. The van der Waals surface area contributed by atoms with Crippen LogP contribution < -0.4 is 62.4 Å². The van der Waals surface area contributed by atoms with Gasteiger partial charge in [-0.15, -0.1) is 0 Å². The molecule has 0 rings (SSSR count). The maximum atomic E-state index is 10.6. The second-order valence-corrected chi connectivity index (χ2v) is 2.06. The SMILES string of the molecule is CCC(NCOC[NH-])C(N)=O.[K+]. The molecule has 0 radical (unpaired) electrons. The zero-order chi connectivity index (χ0) is 8.69. The van der Waals surface area contributed by atoms with Crippen molar-refractivity contribution in [2.45, 2.75) is 19.4 Å². The van der Waals surface area contributed by atoms with Gasteiger partial charge in [-0.2, -0.15) is 0 Å². The zero-order valence-electron chi connectivity index (χ0n) is 7.59. The number of amides is 1. The monoisotopic (exact) mass is 199 g/mol. The van der Waals surface area contributed by atoms with Crippen LogP contribution in [0, 0.1) is 0 Å². The molecule has 0 heterocycles. The van der Waals surface area contributed by atoms with Crippen molar-refractivity contribution in [1.29, 1.82) is 0 Å². The van der Waals surface area contributed by atoms with Gasteiger partial charge in [0.15, 0.2) is 0 Å². The number of hydrogen-bond donors (Lipinski definition) is 2. The molecule has 1 unspecified atom stereocenters. The van der Waals surface area contributed by atoms with Gasteiger partial charge in [-0.05, 0) is 13.2 Å². The first-order valence-corrected chi connectivity index (χ1v) is 3.47. The van der Waals surface area contributed by atoms with Crippen molar-refractivity contribution in [2.24, 2.45) is 5.73 Å². The normalized spacial score (nSPS) is 11.8. The Balaban J connectivity index is 0. The smallest absolute Gasteiger partial charge is 0.655 e. The Morgan fingerprint density at radius 2 is 2.33 bits per heavy atom. The molecule has 1 amide bonds. The van der Waals surface area contributed by atoms with E-state index in [0.29, 0.717) is 6.42 Å². The quantitative estimate of drug-likeness (QED) is 0.269. The summed E-state index contributed by atoms with van der Waals surface area (Å²) in [6.45, 7) is 1.94. The fraction of sp³-hybridized carbons (Fsp3) is 0.833. The van der Waals surface area contributed by atoms with Crippen LogP contribution in [-0.4, -0.2) is 25.4 Å². The van der Waals surface area contributed by atoms with E-state index in [2.05, 4.69) is 10.1 Å². The first-order valence-electron chi connectivity index (χ1n) is 3.47. The molecular weight excluding hydrogens is 185 g/mol. The Kier molecular flexibility index (Phi) is 13.0. The molecule has 4 N–H and O–H groups in total. The third-order valence-corrected chi connectivity index (χ3v) is 1.29. The minimum Gasteiger partial charge on any atom is -0.655 e. The van der Waals surface area contributed by atoms with Crippen LogP contribution in [0.25, 0.3) is 5.73 Å². The van der Waals surface area contributed by atoms with Crippen molar-refractivity contribution >= 4 is 5.91 Å². The van der Waals surface area contributed by atoms with E-state index in [4.69, 9.17) is 11.5 Å². The molecule has 0 aromatic rings. The average Bonchev–Trinajstić information content (AvgIpc) is 1.97. The van der Waals surface area contributed by atoms with E-state index < -0.39 is 0 Å². The molecule has 0 bridgehead atoms. The van der Waals surface area contributed by atoms with E-state index in [1.54, 1.807) is 0 Å². The van der Waals surface area contributed by atoms with Gasteiger partial charge in [-0.1, -0.05) is 6.92 Å². The van der Waals surface area contributed by atoms with Crippen LogP contribution in [0.2, 0.25) is 0 Å². The Morgan fingerprint density at radius 1 is 1.75 bits per heavy atom. The molecule has 0 aromatic carbocycles. The molecule has 0 aliphatic rings. The van der Waals surface area contributed by atoms with Crippen LogP contribution in [0.1, 0.15) is 13.3 Å². The van der Waals surface area contributed by atoms with Crippen LogP contribution in [0.4, 0.5) is 0 Å². The van der Waals surface area contributed by atoms with Crippen LogP contribution >= 0.6 is 0 Å². The van der Waals surface area contributed by atoms with E-state index in [1.165, 1.54) is 0 Å². The van der Waals surface area contributed by atoms with Crippen molar-refractivity contribution in [3.05, 3.63) is 5.73 Å². The van der Waals surface area contributed by atoms with Crippen LogP contribution in [0.15, 0.2) is 0 Å². The third kappa shape index (κ3) is 7.63. The predicted octanol–water partition coefficient (Wildman–Crippen LogP) is -3.17. The molecule has 5 nitrogen and oxygen atoms in total. The molecule has 0 saturated carbocycles. The fourth-order valence-corrected chi connectivity index (χ4v) is 0.657. The molecule has 12 heavy (non-hydrogen) atoms. The third-order valence-electron chi connectivity index (χ3n) is 1.29. The fourth-order valence-electron chi connectivity index (χ4n) is 0.657. The van der Waals surface area contributed by atoms with Gasteiger partial charge in [0, 0.05) is 0 Å². The number of rotatable bonds is 6. The summed E-state index contributed by atoms with van der Waals surface area (Å²) < 4.78 is 4.66. The van der Waals surface area contributed by atoms with Crippen molar-refractivity contribution in [2.75, 3.05) is 13.5 Å². The van der Waals surface area contributed by atoms with Crippen LogP contribution in [0.3, 0.4) is 0 Å². The van der Waals surface area contributed by atoms with Crippen LogP contribution in [-0.2, 0) is 9.53 Å². The van der Waals surface area contributed by atoms with E-state index >= 15 is 0 Å². The Bertz CT molecular complexity index is 123. The zero-order valence-corrected chi connectivity index (χ0v) is 10.7. The number of nitrogens with one attached hydrogen (secondary N) is 2. The number of nitrogens with two attached hydrogens (primary N) is 1. The number of carbonyl (C=O) groups excluding carboxylic acids is 1. The molecule has 6 heteroatoms. The molecule has 0 aliphatic heterocycles. The van der Waals surface area contributed by atoms with Gasteiger partial charge in [0.25, 0.3) is 0 Å². The Labute approximate surface area is 115 Å². The molecule has 0 aromatic heterocycles. The summed E-state index contributed by atoms with van der Waals surface area (Å²) in [4.78, 5) is 10.6. The summed E-state index contributed by atoms with van der Waals surface area (Å²) >= 11 is 0. The van der Waals surface area contributed by atoms with Gasteiger partial charge in [-0.25, -0.2) is 0 Å². The maximum Gasteiger partial charge on any atom is 1.00 e. The summed E-state index contributed by atoms with van der Waals surface area (Å²) in [5.41, 5.74) is 11.7. The summed E-state index contributed by atoms with van der Waals surface area (Å²) in [5, 5.41) is 2.75. The van der Waals surface area contributed by atoms with E-state index in [-0.39, 0.29) is 76.8 Å². The van der Waals surface area contributed by atoms with Crippen molar-refractivity contribution in [1.82, 2.24) is 5.32 Å². The standard InChI is InChI=1S/C6H14N3O2.K/c1-2-5(6(8)10)9-4-11-3-7;/h5,7,9H,2-4H2,1H3,(H2,8,10);/q-1;+1. The van der Waals surface area contributed by atoms with Crippen molar-refractivity contribution < 1.29 is 60.9 Å². The van der Waals surface area contributed by atoms with Gasteiger partial charge >= 0.3 is 51.4 Å². The van der Waals surface area contributed by atoms with Gasteiger partial charge in [-0.3, -0.25) is 10.1 Å². The molecule has 0 fully saturated rings. The minimum atomic E-state index is -0.388. The first kappa shape index (κ1) is 15.5. The topological polar surface area (TPSA) is 88.2 Å². The summed E-state index contributed by atoms with van der Waals surface area (Å²) in [6.07, 6.45) is 0.636. The summed E-state index contributed by atoms with van der Waals surface area (Å²) in [7, 11) is 0. The van der Waals surface area contributed by atoms with E-state index in [0.717, 1.165) is 0 Å². The molecule has 66 valence electrons. The summed E-state index contributed by atoms with van der Waals surface area (Å²) in [5.74, 6) is -0.388. The maximum absolute atomic E-state index is 10.6. The minimum absolute atomic E-state index is 0. The Morgan fingerprint density at radius 3 is 2.67 bits per heavy atom. The second kappa shape index (κ2) is 10.1. The largest absolute Gasteiger partial charge is 1.00 e. The average molecular weight is 199 g/mol. The molecule has 0 spiro atoms. The van der Waals surface area contributed by atoms with Crippen molar-refractivity contribution in [3.63, 3.8) is 0 Å². The second-order valence-electron chi connectivity index (χ2n) is 2.06. The van der Waals surface area contributed by atoms with Gasteiger partial charge in [0.2, 0.25) is 5.91 Å². The number of primary amides is 1. The van der Waals surface area contributed by atoms with E-state index in [9.17, 15) is 4.79 Å². The van der Waals surface area contributed by atoms with Crippen LogP contribution in [0.5, 0.6) is 0 Å². The Hall–Kier alpha value is 0.986. The van der Waals surface area contributed by atoms with Gasteiger partial charge < -0.3 is 16.2 Å². The molecule has 1 atom stereocenters. The molecule has 0 saturated heterocycles. The molecule has 0 aliphatic carbocycles. The van der Waals surface area contributed by atoms with Crippen molar-refractivity contribution in [3.8, 4) is 0 Å². The van der Waals surface area contributed by atoms with E-state index in [1.807, 2.05) is 6.92 Å². The number of ether oxygens (including phenoxy) is 1. The predicted molar refractivity (Wildman–Crippen MR) is 41.5 cm³/mol. The molecular formula is C6H14KN3O2. The van der Waals surface area contributed by atoms with Gasteiger partial charge in [0.05, 0.1) is 12.8 Å².